The maximum Gasteiger partial charge on any atom is 0.291 e. The van der Waals surface area contributed by atoms with Gasteiger partial charge in [-0.3, -0.25) is 9.59 Å². The van der Waals surface area contributed by atoms with E-state index in [0.717, 1.165) is 45.1 Å². The molecule has 1 aromatic heterocycles. The van der Waals surface area contributed by atoms with Crippen LogP contribution < -0.4 is 10.1 Å². The van der Waals surface area contributed by atoms with Crippen molar-refractivity contribution in [1.29, 1.82) is 0 Å². The molecule has 0 radical (unpaired) electrons. The van der Waals surface area contributed by atoms with Crippen LogP contribution in [0, 0.1) is 17.8 Å². The highest BCUT2D eigenvalue weighted by Gasteiger charge is 2.55. The van der Waals surface area contributed by atoms with Crippen molar-refractivity contribution in [1.82, 2.24) is 15.4 Å². The quantitative estimate of drug-likeness (QED) is 0.571. The molecular formula is C23H33N3O5S. The fraction of sp³-hybridized carbons (Fsp3) is 0.783. The number of likely N-dealkylation sites (tertiary alicyclic amines) is 1. The van der Waals surface area contributed by atoms with Crippen LogP contribution in [0.4, 0.5) is 0 Å². The smallest absolute Gasteiger partial charge is 0.291 e. The molecule has 9 heteroatoms. The second-order valence-electron chi connectivity index (χ2n) is 10.3. The van der Waals surface area contributed by atoms with Gasteiger partial charge in [-0.2, -0.15) is 0 Å². The number of hydrogen-bond acceptors (Lipinski definition) is 7. The summed E-state index contributed by atoms with van der Waals surface area (Å²) in [4.78, 5) is 27.4. The van der Waals surface area contributed by atoms with Gasteiger partial charge >= 0.3 is 0 Å². The summed E-state index contributed by atoms with van der Waals surface area (Å²) in [5, 5.41) is 18.3. The molecule has 0 aromatic carbocycles. The van der Waals surface area contributed by atoms with Crippen LogP contribution in [0.25, 0.3) is 0 Å². The van der Waals surface area contributed by atoms with Crippen molar-refractivity contribution in [3.63, 3.8) is 0 Å². The average molecular weight is 464 g/mol. The summed E-state index contributed by atoms with van der Waals surface area (Å²) in [6.07, 6.45) is 6.13. The number of nitrogens with zero attached hydrogens (tertiary/aromatic N) is 2. The number of aliphatic hydroxyl groups is 1. The van der Waals surface area contributed by atoms with E-state index < -0.39 is 5.60 Å². The Kier molecular flexibility index (Phi) is 5.90. The highest BCUT2D eigenvalue weighted by atomic mass is 32.2. The van der Waals surface area contributed by atoms with Crippen LogP contribution in [0.1, 0.15) is 69.3 Å². The minimum absolute atomic E-state index is 0.0758. The lowest BCUT2D eigenvalue weighted by molar-refractivity contribution is -0.137. The second kappa shape index (κ2) is 8.56. The zero-order valence-corrected chi connectivity index (χ0v) is 19.7. The molecule has 4 saturated carbocycles. The van der Waals surface area contributed by atoms with Crippen molar-refractivity contribution in [3.8, 4) is 5.88 Å². The monoisotopic (exact) mass is 463 g/mol. The van der Waals surface area contributed by atoms with Crippen LogP contribution in [0.3, 0.4) is 0 Å². The fourth-order valence-corrected chi connectivity index (χ4v) is 7.38. The second-order valence-corrected chi connectivity index (χ2v) is 11.9. The van der Waals surface area contributed by atoms with E-state index in [1.807, 2.05) is 13.8 Å². The van der Waals surface area contributed by atoms with Crippen molar-refractivity contribution >= 4 is 23.6 Å². The number of carbonyl (C=O) groups is 2. The summed E-state index contributed by atoms with van der Waals surface area (Å²) < 4.78 is 11.3. The molecule has 2 heterocycles. The number of thioether (sulfide) groups is 1. The molecule has 2 N–H and O–H groups in total. The van der Waals surface area contributed by atoms with Gasteiger partial charge < -0.3 is 24.6 Å². The van der Waals surface area contributed by atoms with Gasteiger partial charge in [0.25, 0.3) is 11.8 Å². The van der Waals surface area contributed by atoms with E-state index in [4.69, 9.17) is 9.26 Å². The summed E-state index contributed by atoms with van der Waals surface area (Å²) in [7, 11) is 0. The summed E-state index contributed by atoms with van der Waals surface area (Å²) in [5.41, 5.74) is -0.527. The number of rotatable bonds is 8. The lowest BCUT2D eigenvalue weighted by atomic mass is 9.52. The molecule has 0 spiro atoms. The first-order valence-electron chi connectivity index (χ1n) is 11.9. The number of aromatic nitrogens is 1. The third-order valence-electron chi connectivity index (χ3n) is 7.49. The van der Waals surface area contributed by atoms with Crippen LogP contribution in [-0.4, -0.2) is 63.6 Å². The van der Waals surface area contributed by atoms with Crippen molar-refractivity contribution < 1.29 is 24.0 Å². The number of carbonyl (C=O) groups excluding carboxylic acids is 2. The molecule has 1 aromatic rings. The Hall–Kier alpha value is -1.74. The molecule has 5 aliphatic rings. The molecule has 2 atom stereocenters. The topological polar surface area (TPSA) is 105 Å². The van der Waals surface area contributed by atoms with E-state index in [0.29, 0.717) is 48.1 Å². The molecule has 1 aliphatic heterocycles. The maximum absolute atomic E-state index is 13.2. The van der Waals surface area contributed by atoms with Crippen molar-refractivity contribution in [2.45, 2.75) is 80.6 Å². The number of nitrogens with one attached hydrogen (secondary N) is 1. The summed E-state index contributed by atoms with van der Waals surface area (Å²) >= 11 is 1.50. The van der Waals surface area contributed by atoms with Gasteiger partial charge in [-0.05, 0) is 61.4 Å². The fourth-order valence-electron chi connectivity index (χ4n) is 6.47. The van der Waals surface area contributed by atoms with E-state index in [2.05, 4.69) is 10.5 Å². The van der Waals surface area contributed by atoms with Gasteiger partial charge in [-0.1, -0.05) is 13.8 Å². The van der Waals surface area contributed by atoms with E-state index in [-0.39, 0.29) is 28.9 Å². The first kappa shape index (κ1) is 22.1. The highest BCUT2D eigenvalue weighted by molar-refractivity contribution is 8.00. The summed E-state index contributed by atoms with van der Waals surface area (Å²) in [5.74, 6) is 1.66. The molecule has 2 unspecified atom stereocenters. The molecule has 2 amide bonds. The first-order valence-corrected chi connectivity index (χ1v) is 12.8. The molecule has 176 valence electrons. The zero-order valence-electron chi connectivity index (χ0n) is 18.8. The summed E-state index contributed by atoms with van der Waals surface area (Å²) in [6, 6.07) is 0.0758. The van der Waals surface area contributed by atoms with Crippen LogP contribution >= 0.6 is 11.8 Å². The molecule has 1 saturated heterocycles. The minimum atomic E-state index is -0.527. The molecular weight excluding hydrogens is 430 g/mol. The van der Waals surface area contributed by atoms with Gasteiger partial charge in [0.15, 0.2) is 0 Å². The van der Waals surface area contributed by atoms with Gasteiger partial charge in [0.05, 0.1) is 12.1 Å². The van der Waals surface area contributed by atoms with Gasteiger partial charge in [0.1, 0.15) is 11.5 Å². The zero-order chi connectivity index (χ0) is 22.5. The van der Waals surface area contributed by atoms with E-state index in [1.165, 1.54) is 11.8 Å². The third-order valence-corrected chi connectivity index (χ3v) is 8.56. The minimum Gasteiger partial charge on any atom is -0.473 e. The van der Waals surface area contributed by atoms with E-state index in [9.17, 15) is 14.7 Å². The van der Waals surface area contributed by atoms with E-state index in [1.54, 1.807) is 4.90 Å². The molecule has 4 aliphatic carbocycles. The van der Waals surface area contributed by atoms with Crippen molar-refractivity contribution in [2.24, 2.45) is 17.8 Å². The summed E-state index contributed by atoms with van der Waals surface area (Å²) in [6.45, 7) is 5.68. The van der Waals surface area contributed by atoms with Crippen LogP contribution in [0.5, 0.6) is 5.88 Å². The lowest BCUT2D eigenvalue weighted by Crippen LogP contribution is -2.61. The van der Waals surface area contributed by atoms with Crippen LogP contribution in [0.15, 0.2) is 9.42 Å². The Labute approximate surface area is 192 Å². The van der Waals surface area contributed by atoms with Crippen LogP contribution in [0.2, 0.25) is 0 Å². The SMILES string of the molecule is CC(C)Sc1c(OCCN2CCCC2=O)noc1C(=O)N[C@H]1C2CC3CC1C[C@](O)(C3)C2. The normalized spacial score (nSPS) is 33.4. The van der Waals surface area contributed by atoms with Gasteiger partial charge in [-0.15, -0.1) is 11.8 Å². The predicted molar refractivity (Wildman–Crippen MR) is 119 cm³/mol. The Morgan fingerprint density at radius 2 is 2.09 bits per heavy atom. The number of ether oxygens (including phenoxy) is 1. The van der Waals surface area contributed by atoms with Crippen LogP contribution in [-0.2, 0) is 4.79 Å². The number of amides is 2. The maximum atomic E-state index is 13.2. The molecule has 32 heavy (non-hydrogen) atoms. The van der Waals surface area contributed by atoms with Gasteiger partial charge in [-0.25, -0.2) is 0 Å². The third kappa shape index (κ3) is 4.25. The standard InChI is InChI=1S/C23H33N3O5S/c1-13(2)32-20-19(31-25-22(20)30-7-6-26-5-3-4-17(26)27)21(28)24-18-15-8-14-9-16(18)12-23(29,10-14)11-15/h13-16,18,29H,3-12H2,1-2H3,(H,24,28)/t14?,15?,16?,18-,23-. The molecule has 4 bridgehead atoms. The largest absolute Gasteiger partial charge is 0.473 e. The Morgan fingerprint density at radius 3 is 2.72 bits per heavy atom. The van der Waals surface area contributed by atoms with E-state index >= 15 is 0 Å². The van der Waals surface area contributed by atoms with Crippen molar-refractivity contribution in [3.05, 3.63) is 5.76 Å². The number of hydrogen-bond donors (Lipinski definition) is 2. The Morgan fingerprint density at radius 1 is 1.34 bits per heavy atom. The highest BCUT2D eigenvalue weighted by Crippen LogP contribution is 2.55. The Bertz CT molecular complexity index is 871. The lowest BCUT2D eigenvalue weighted by Gasteiger charge is -2.58. The molecule has 5 fully saturated rings. The Balaban J connectivity index is 1.26. The average Bonchev–Trinajstić information content (AvgIpc) is 3.29. The van der Waals surface area contributed by atoms with Crippen molar-refractivity contribution in [2.75, 3.05) is 19.7 Å². The van der Waals surface area contributed by atoms with Gasteiger partial charge in [0.2, 0.25) is 11.7 Å². The first-order chi connectivity index (χ1) is 15.3. The molecule has 6 rings (SSSR count). The predicted octanol–water partition coefficient (Wildman–Crippen LogP) is 2.85. The van der Waals surface area contributed by atoms with Gasteiger partial charge in [0, 0.05) is 24.3 Å². The molecule has 8 nitrogen and oxygen atoms in total.